The molecule has 148 valence electrons. The van der Waals surface area contributed by atoms with Crippen molar-refractivity contribution < 1.29 is 9.13 Å². The SMILES string of the molecule is CCCCn1c(-c2ccc(OCC)cc2)cnc1NCc1c(F)cccc1Cl. The summed E-state index contributed by atoms with van der Waals surface area (Å²) in [6.45, 7) is 5.86. The average molecular weight is 402 g/mol. The number of ether oxygens (including phenoxy) is 1. The topological polar surface area (TPSA) is 39.1 Å². The number of hydrogen-bond acceptors (Lipinski definition) is 3. The normalized spacial score (nSPS) is 10.9. The molecule has 0 aliphatic rings. The smallest absolute Gasteiger partial charge is 0.203 e. The first-order valence-electron chi connectivity index (χ1n) is 9.59. The predicted octanol–water partition coefficient (Wildman–Crippen LogP) is 6.15. The first-order chi connectivity index (χ1) is 13.6. The number of hydrogen-bond donors (Lipinski definition) is 1. The maximum absolute atomic E-state index is 14.1. The highest BCUT2D eigenvalue weighted by Crippen LogP contribution is 2.27. The number of rotatable bonds is 9. The van der Waals surface area contributed by atoms with Gasteiger partial charge in [-0.3, -0.25) is 0 Å². The number of nitrogens with zero attached hydrogens (tertiary/aromatic N) is 2. The molecule has 3 rings (SSSR count). The molecule has 28 heavy (non-hydrogen) atoms. The molecule has 0 saturated carbocycles. The molecule has 3 aromatic rings. The fourth-order valence-corrected chi connectivity index (χ4v) is 3.28. The van der Waals surface area contributed by atoms with Gasteiger partial charge in [0.25, 0.3) is 0 Å². The van der Waals surface area contributed by atoms with Crippen molar-refractivity contribution in [3.8, 4) is 17.0 Å². The summed E-state index contributed by atoms with van der Waals surface area (Å²) in [6.07, 6.45) is 3.94. The van der Waals surface area contributed by atoms with Crippen molar-refractivity contribution in [1.82, 2.24) is 9.55 Å². The molecule has 0 unspecified atom stereocenters. The van der Waals surface area contributed by atoms with Crippen LogP contribution in [-0.4, -0.2) is 16.2 Å². The van der Waals surface area contributed by atoms with E-state index in [0.29, 0.717) is 23.1 Å². The Kier molecular flexibility index (Phi) is 6.93. The van der Waals surface area contributed by atoms with E-state index in [2.05, 4.69) is 21.8 Å². The number of nitrogens with one attached hydrogen (secondary N) is 1. The third-order valence-electron chi connectivity index (χ3n) is 4.54. The van der Waals surface area contributed by atoms with Crippen molar-refractivity contribution in [3.05, 3.63) is 65.1 Å². The molecule has 2 aromatic carbocycles. The second kappa shape index (κ2) is 9.60. The van der Waals surface area contributed by atoms with Crippen LogP contribution in [-0.2, 0) is 13.1 Å². The summed E-state index contributed by atoms with van der Waals surface area (Å²) in [5.41, 5.74) is 2.51. The molecule has 0 bridgehead atoms. The Morgan fingerprint density at radius 2 is 1.93 bits per heavy atom. The molecule has 0 amide bonds. The lowest BCUT2D eigenvalue weighted by Crippen LogP contribution is -2.10. The van der Waals surface area contributed by atoms with Gasteiger partial charge >= 0.3 is 0 Å². The van der Waals surface area contributed by atoms with Crippen LogP contribution >= 0.6 is 11.6 Å². The molecular weight excluding hydrogens is 377 g/mol. The van der Waals surface area contributed by atoms with Gasteiger partial charge in [0.15, 0.2) is 0 Å². The van der Waals surface area contributed by atoms with E-state index in [1.807, 2.05) is 37.4 Å². The summed E-state index contributed by atoms with van der Waals surface area (Å²) >= 11 is 6.14. The third-order valence-corrected chi connectivity index (χ3v) is 4.89. The zero-order chi connectivity index (χ0) is 19.9. The summed E-state index contributed by atoms with van der Waals surface area (Å²) in [6, 6.07) is 12.7. The van der Waals surface area contributed by atoms with Crippen molar-refractivity contribution in [3.63, 3.8) is 0 Å². The molecule has 1 N–H and O–H groups in total. The number of unbranched alkanes of at least 4 members (excludes halogenated alkanes) is 1. The van der Waals surface area contributed by atoms with Gasteiger partial charge in [-0.1, -0.05) is 31.0 Å². The molecule has 0 aliphatic heterocycles. The van der Waals surface area contributed by atoms with Crippen LogP contribution in [0, 0.1) is 5.82 Å². The van der Waals surface area contributed by atoms with E-state index in [1.54, 1.807) is 12.1 Å². The summed E-state index contributed by atoms with van der Waals surface area (Å²) in [5.74, 6) is 1.23. The van der Waals surface area contributed by atoms with Gasteiger partial charge in [-0.05, 0) is 49.7 Å². The second-order valence-corrected chi connectivity index (χ2v) is 6.89. The largest absolute Gasteiger partial charge is 0.494 e. The second-order valence-electron chi connectivity index (χ2n) is 6.48. The Morgan fingerprint density at radius 1 is 1.14 bits per heavy atom. The fraction of sp³-hybridized carbons (Fsp3) is 0.318. The number of aromatic nitrogens is 2. The van der Waals surface area contributed by atoms with E-state index in [4.69, 9.17) is 16.3 Å². The van der Waals surface area contributed by atoms with Gasteiger partial charge in [-0.15, -0.1) is 0 Å². The van der Waals surface area contributed by atoms with Gasteiger partial charge in [-0.2, -0.15) is 0 Å². The molecule has 4 nitrogen and oxygen atoms in total. The number of halogens is 2. The zero-order valence-electron chi connectivity index (χ0n) is 16.2. The Bertz CT molecular complexity index is 888. The molecule has 0 spiro atoms. The summed E-state index contributed by atoms with van der Waals surface area (Å²) in [4.78, 5) is 4.53. The Hall–Kier alpha value is -2.53. The monoisotopic (exact) mass is 401 g/mol. The molecular formula is C22H25ClFN3O. The Balaban J connectivity index is 1.85. The van der Waals surface area contributed by atoms with E-state index in [-0.39, 0.29) is 12.4 Å². The number of anilines is 1. The van der Waals surface area contributed by atoms with E-state index in [9.17, 15) is 4.39 Å². The van der Waals surface area contributed by atoms with Gasteiger partial charge in [0.2, 0.25) is 5.95 Å². The number of benzene rings is 2. The molecule has 0 radical (unpaired) electrons. The van der Waals surface area contributed by atoms with Crippen LogP contribution in [0.5, 0.6) is 5.75 Å². The lowest BCUT2D eigenvalue weighted by molar-refractivity contribution is 0.340. The predicted molar refractivity (Wildman–Crippen MR) is 112 cm³/mol. The summed E-state index contributed by atoms with van der Waals surface area (Å²) in [7, 11) is 0. The number of imidazole rings is 1. The van der Waals surface area contributed by atoms with Crippen molar-refractivity contribution in [1.29, 1.82) is 0 Å². The van der Waals surface area contributed by atoms with Gasteiger partial charge in [-0.25, -0.2) is 9.37 Å². The molecule has 0 fully saturated rings. The van der Waals surface area contributed by atoms with Gasteiger partial charge in [0.1, 0.15) is 11.6 Å². The van der Waals surface area contributed by atoms with E-state index >= 15 is 0 Å². The highest BCUT2D eigenvalue weighted by Gasteiger charge is 2.13. The maximum atomic E-state index is 14.1. The van der Waals surface area contributed by atoms with E-state index < -0.39 is 0 Å². The van der Waals surface area contributed by atoms with Crippen LogP contribution in [0.15, 0.2) is 48.7 Å². The minimum Gasteiger partial charge on any atom is -0.494 e. The Morgan fingerprint density at radius 3 is 2.61 bits per heavy atom. The lowest BCUT2D eigenvalue weighted by Gasteiger charge is -2.14. The average Bonchev–Trinajstić information content (AvgIpc) is 3.09. The van der Waals surface area contributed by atoms with Crippen LogP contribution in [0.25, 0.3) is 11.3 Å². The molecule has 1 aromatic heterocycles. The van der Waals surface area contributed by atoms with Crippen LogP contribution in [0.4, 0.5) is 10.3 Å². The maximum Gasteiger partial charge on any atom is 0.203 e. The summed E-state index contributed by atoms with van der Waals surface area (Å²) in [5, 5.41) is 3.65. The molecule has 6 heteroatoms. The standard InChI is InChI=1S/C22H25ClFN3O/c1-3-5-13-27-21(16-9-11-17(12-10-16)28-4-2)15-26-22(27)25-14-18-19(23)7-6-8-20(18)24/h6-12,15H,3-5,13-14H2,1-2H3,(H,25,26). The van der Waals surface area contributed by atoms with Crippen molar-refractivity contribution in [2.75, 3.05) is 11.9 Å². The van der Waals surface area contributed by atoms with E-state index in [1.165, 1.54) is 6.07 Å². The van der Waals surface area contributed by atoms with Crippen molar-refractivity contribution in [2.24, 2.45) is 0 Å². The highest BCUT2D eigenvalue weighted by atomic mass is 35.5. The van der Waals surface area contributed by atoms with Crippen LogP contribution in [0.2, 0.25) is 5.02 Å². The fourth-order valence-electron chi connectivity index (χ4n) is 3.05. The minimum absolute atomic E-state index is 0.275. The van der Waals surface area contributed by atoms with Gasteiger partial charge in [0.05, 0.1) is 18.5 Å². The third kappa shape index (κ3) is 4.65. The lowest BCUT2D eigenvalue weighted by atomic mass is 10.1. The Labute approximate surface area is 170 Å². The molecule has 0 atom stereocenters. The molecule has 1 heterocycles. The first kappa shape index (κ1) is 20.2. The minimum atomic E-state index is -0.321. The molecule has 0 saturated heterocycles. The highest BCUT2D eigenvalue weighted by molar-refractivity contribution is 6.31. The van der Waals surface area contributed by atoms with Crippen LogP contribution in [0.1, 0.15) is 32.3 Å². The quantitative estimate of drug-likeness (QED) is 0.467. The van der Waals surface area contributed by atoms with Crippen LogP contribution < -0.4 is 10.1 Å². The first-order valence-corrected chi connectivity index (χ1v) is 9.97. The molecule has 0 aliphatic carbocycles. The van der Waals surface area contributed by atoms with E-state index in [0.717, 1.165) is 36.4 Å². The van der Waals surface area contributed by atoms with Crippen molar-refractivity contribution in [2.45, 2.75) is 39.8 Å². The van der Waals surface area contributed by atoms with Crippen molar-refractivity contribution >= 4 is 17.5 Å². The van der Waals surface area contributed by atoms with Crippen LogP contribution in [0.3, 0.4) is 0 Å². The van der Waals surface area contributed by atoms with Gasteiger partial charge in [0, 0.05) is 29.2 Å². The van der Waals surface area contributed by atoms with Gasteiger partial charge < -0.3 is 14.6 Å². The zero-order valence-corrected chi connectivity index (χ0v) is 17.0. The summed E-state index contributed by atoms with van der Waals surface area (Å²) < 4.78 is 21.7.